The Labute approximate surface area is 164 Å². The maximum atomic E-state index is 12.7. The van der Waals surface area contributed by atoms with Gasteiger partial charge in [-0.25, -0.2) is 4.98 Å². The van der Waals surface area contributed by atoms with E-state index in [-0.39, 0.29) is 5.91 Å². The van der Waals surface area contributed by atoms with E-state index in [1.54, 1.807) is 21.6 Å². The van der Waals surface area contributed by atoms with Gasteiger partial charge in [0.05, 0.1) is 20.9 Å². The van der Waals surface area contributed by atoms with Crippen LogP contribution in [0.1, 0.15) is 28.7 Å². The van der Waals surface area contributed by atoms with Gasteiger partial charge in [0.25, 0.3) is 5.91 Å². The van der Waals surface area contributed by atoms with Gasteiger partial charge < -0.3 is 5.32 Å². The fourth-order valence-electron chi connectivity index (χ4n) is 2.87. The van der Waals surface area contributed by atoms with Gasteiger partial charge in [0.1, 0.15) is 11.5 Å². The molecular formula is C18H17ClN6OS. The van der Waals surface area contributed by atoms with Gasteiger partial charge in [0, 0.05) is 18.8 Å². The molecule has 1 N–H and O–H groups in total. The molecule has 4 rings (SSSR count). The summed E-state index contributed by atoms with van der Waals surface area (Å²) in [6.07, 6.45) is 1.61. The lowest BCUT2D eigenvalue weighted by atomic mass is 10.2. The monoisotopic (exact) mass is 400 g/mol. The Morgan fingerprint density at radius 2 is 2.11 bits per heavy atom. The average Bonchev–Trinajstić information content (AvgIpc) is 3.35. The molecule has 0 spiro atoms. The lowest BCUT2D eigenvalue weighted by Gasteiger charge is -2.07. The van der Waals surface area contributed by atoms with Crippen LogP contribution in [0.2, 0.25) is 5.02 Å². The molecule has 3 heterocycles. The highest BCUT2D eigenvalue weighted by Gasteiger charge is 2.18. The molecule has 0 aliphatic heterocycles. The number of hydrogen-bond donors (Lipinski definition) is 1. The summed E-state index contributed by atoms with van der Waals surface area (Å²) >= 11 is 7.76. The number of benzene rings is 1. The number of aromatic nitrogens is 5. The number of carbonyl (C=O) groups excluding carboxylic acids is 1. The maximum absolute atomic E-state index is 12.7. The number of anilines is 1. The van der Waals surface area contributed by atoms with E-state index in [2.05, 4.69) is 20.5 Å². The third-order valence-electron chi connectivity index (χ3n) is 4.19. The van der Waals surface area contributed by atoms with Gasteiger partial charge in [-0.2, -0.15) is 14.9 Å². The first-order chi connectivity index (χ1) is 13.0. The summed E-state index contributed by atoms with van der Waals surface area (Å²) < 4.78 is 4.19. The summed E-state index contributed by atoms with van der Waals surface area (Å²) in [6.45, 7) is 6.41. The Hall–Kier alpha value is -2.71. The highest BCUT2D eigenvalue weighted by Crippen LogP contribution is 2.34. The van der Waals surface area contributed by atoms with Crippen molar-refractivity contribution in [2.24, 2.45) is 0 Å². The summed E-state index contributed by atoms with van der Waals surface area (Å²) in [6, 6.07) is 7.31. The predicted molar refractivity (Wildman–Crippen MR) is 107 cm³/mol. The van der Waals surface area contributed by atoms with Gasteiger partial charge in [0.15, 0.2) is 0 Å². The van der Waals surface area contributed by atoms with Crippen LogP contribution in [-0.2, 0) is 6.54 Å². The highest BCUT2D eigenvalue weighted by atomic mass is 35.5. The first-order valence-electron chi connectivity index (χ1n) is 8.43. The fourth-order valence-corrected chi connectivity index (χ4v) is 4.16. The second kappa shape index (κ2) is 6.79. The van der Waals surface area contributed by atoms with Crippen LogP contribution >= 0.6 is 22.9 Å². The lowest BCUT2D eigenvalue weighted by molar-refractivity contribution is 0.101. The summed E-state index contributed by atoms with van der Waals surface area (Å²) in [5.74, 6) is 0.306. The molecule has 1 amide bonds. The summed E-state index contributed by atoms with van der Waals surface area (Å²) in [5, 5.41) is 12.9. The summed E-state index contributed by atoms with van der Waals surface area (Å²) in [4.78, 5) is 17.4. The zero-order valence-electron chi connectivity index (χ0n) is 15.0. The van der Waals surface area contributed by atoms with Gasteiger partial charge in [-0.1, -0.05) is 29.0 Å². The Morgan fingerprint density at radius 3 is 2.85 bits per heavy atom. The molecule has 9 heteroatoms. The van der Waals surface area contributed by atoms with Crippen LogP contribution in [0, 0.1) is 13.8 Å². The van der Waals surface area contributed by atoms with Crippen LogP contribution in [0.5, 0.6) is 0 Å². The standard InChI is InChI=1S/C18H17ClN6OS/c1-4-24-13(7-8-20-24)17(26)21-14-9-11(3)23-25(14)18-22-15-10(2)5-6-12(19)16(15)27-18/h5-9H,4H2,1-3H3,(H,21,26). The van der Waals surface area contributed by atoms with Gasteiger partial charge in [-0.3, -0.25) is 9.48 Å². The van der Waals surface area contributed by atoms with Crippen LogP contribution in [0.25, 0.3) is 15.3 Å². The summed E-state index contributed by atoms with van der Waals surface area (Å²) in [5.41, 5.74) is 3.15. The van der Waals surface area contributed by atoms with Crippen LogP contribution in [-0.4, -0.2) is 30.5 Å². The Balaban J connectivity index is 1.75. The molecule has 0 saturated heterocycles. The smallest absolute Gasteiger partial charge is 0.275 e. The molecule has 0 saturated carbocycles. The van der Waals surface area contributed by atoms with Crippen molar-refractivity contribution in [2.45, 2.75) is 27.3 Å². The molecule has 0 aliphatic rings. The first kappa shape index (κ1) is 17.7. The van der Waals surface area contributed by atoms with Crippen molar-refractivity contribution in [2.75, 3.05) is 5.32 Å². The first-order valence-corrected chi connectivity index (χ1v) is 9.63. The van der Waals surface area contributed by atoms with E-state index in [1.807, 2.05) is 39.0 Å². The van der Waals surface area contributed by atoms with E-state index in [9.17, 15) is 4.79 Å². The third kappa shape index (κ3) is 3.11. The van der Waals surface area contributed by atoms with Crippen molar-refractivity contribution in [1.82, 2.24) is 24.5 Å². The molecule has 138 valence electrons. The van der Waals surface area contributed by atoms with E-state index in [4.69, 9.17) is 11.6 Å². The van der Waals surface area contributed by atoms with E-state index in [0.717, 1.165) is 21.5 Å². The number of amides is 1. The normalized spacial score (nSPS) is 11.3. The second-order valence-corrected chi connectivity index (χ2v) is 7.49. The third-order valence-corrected chi connectivity index (χ3v) is 5.68. The fraction of sp³-hybridized carbons (Fsp3) is 0.222. The minimum Gasteiger partial charge on any atom is -0.305 e. The Bertz CT molecular complexity index is 1120. The number of fused-ring (bicyclic) bond motifs is 1. The van der Waals surface area contributed by atoms with Crippen LogP contribution in [0.15, 0.2) is 30.5 Å². The number of thiazole rings is 1. The predicted octanol–water partition coefficient (Wildman–Crippen LogP) is 4.22. The molecule has 27 heavy (non-hydrogen) atoms. The number of nitrogens with zero attached hydrogens (tertiary/aromatic N) is 5. The van der Waals surface area contributed by atoms with Crippen molar-refractivity contribution in [3.05, 3.63) is 52.4 Å². The van der Waals surface area contributed by atoms with Crippen LogP contribution in [0.4, 0.5) is 5.82 Å². The van der Waals surface area contributed by atoms with Crippen LogP contribution in [0.3, 0.4) is 0 Å². The van der Waals surface area contributed by atoms with Gasteiger partial charge >= 0.3 is 0 Å². The number of carbonyl (C=O) groups is 1. The summed E-state index contributed by atoms with van der Waals surface area (Å²) in [7, 11) is 0. The molecule has 0 fully saturated rings. The number of aryl methyl sites for hydroxylation is 3. The molecule has 0 aliphatic carbocycles. The van der Waals surface area contributed by atoms with Crippen molar-refractivity contribution >= 4 is 44.9 Å². The molecule has 0 radical (unpaired) electrons. The van der Waals surface area contributed by atoms with Crippen molar-refractivity contribution in [3.8, 4) is 5.13 Å². The molecular weight excluding hydrogens is 384 g/mol. The zero-order chi connectivity index (χ0) is 19.1. The maximum Gasteiger partial charge on any atom is 0.275 e. The molecule has 0 bridgehead atoms. The van der Waals surface area contributed by atoms with E-state index in [0.29, 0.717) is 28.2 Å². The lowest BCUT2D eigenvalue weighted by Crippen LogP contribution is -2.19. The molecule has 4 aromatic rings. The number of hydrogen-bond acceptors (Lipinski definition) is 5. The molecule has 0 atom stereocenters. The molecule has 3 aromatic heterocycles. The molecule has 7 nitrogen and oxygen atoms in total. The largest absolute Gasteiger partial charge is 0.305 e. The average molecular weight is 401 g/mol. The number of nitrogens with one attached hydrogen (secondary N) is 1. The number of halogens is 1. The van der Waals surface area contributed by atoms with E-state index >= 15 is 0 Å². The van der Waals surface area contributed by atoms with Gasteiger partial charge in [0.2, 0.25) is 5.13 Å². The number of rotatable bonds is 4. The molecule has 0 unspecified atom stereocenters. The Kier molecular flexibility index (Phi) is 4.45. The highest BCUT2D eigenvalue weighted by molar-refractivity contribution is 7.21. The van der Waals surface area contributed by atoms with Crippen molar-refractivity contribution in [1.29, 1.82) is 0 Å². The van der Waals surface area contributed by atoms with Crippen molar-refractivity contribution in [3.63, 3.8) is 0 Å². The minimum absolute atomic E-state index is 0.245. The second-order valence-electron chi connectivity index (χ2n) is 6.11. The van der Waals surface area contributed by atoms with Gasteiger partial charge in [-0.05, 0) is 38.5 Å². The van der Waals surface area contributed by atoms with Gasteiger partial charge in [-0.15, -0.1) is 0 Å². The SMILES string of the molecule is CCn1nccc1C(=O)Nc1cc(C)nn1-c1nc2c(C)ccc(Cl)c2s1. The molecule has 1 aromatic carbocycles. The van der Waals surface area contributed by atoms with Crippen molar-refractivity contribution < 1.29 is 4.79 Å². The van der Waals surface area contributed by atoms with E-state index < -0.39 is 0 Å². The quantitative estimate of drug-likeness (QED) is 0.556. The van der Waals surface area contributed by atoms with Crippen LogP contribution < -0.4 is 5.32 Å². The van der Waals surface area contributed by atoms with E-state index in [1.165, 1.54) is 11.3 Å². The minimum atomic E-state index is -0.245. The topological polar surface area (TPSA) is 77.6 Å². The zero-order valence-corrected chi connectivity index (χ0v) is 16.6. The Morgan fingerprint density at radius 1 is 1.30 bits per heavy atom.